The van der Waals surface area contributed by atoms with Crippen LogP contribution in [0.25, 0.3) is 0 Å². The highest BCUT2D eigenvalue weighted by Crippen LogP contribution is 2.36. The summed E-state index contributed by atoms with van der Waals surface area (Å²) in [5.41, 5.74) is 2.00. The lowest BCUT2D eigenvalue weighted by molar-refractivity contribution is 0.390. The van der Waals surface area contributed by atoms with Crippen molar-refractivity contribution >= 4 is 32.3 Å². The highest BCUT2D eigenvalue weighted by molar-refractivity contribution is 7.89. The van der Waals surface area contributed by atoms with Crippen LogP contribution in [-0.2, 0) is 10.0 Å². The van der Waals surface area contributed by atoms with Crippen LogP contribution in [0.3, 0.4) is 0 Å². The molecule has 1 atom stereocenters. The van der Waals surface area contributed by atoms with Gasteiger partial charge in [-0.25, -0.2) is 22.8 Å². The van der Waals surface area contributed by atoms with Gasteiger partial charge in [0.05, 0.1) is 22.3 Å². The minimum atomic E-state index is -3.82. The van der Waals surface area contributed by atoms with Crippen molar-refractivity contribution in [1.29, 1.82) is 0 Å². The number of anilines is 2. The van der Waals surface area contributed by atoms with Crippen molar-refractivity contribution in [2.75, 3.05) is 11.9 Å². The van der Waals surface area contributed by atoms with Crippen LogP contribution in [0.15, 0.2) is 46.7 Å². The predicted molar refractivity (Wildman–Crippen MR) is 111 cm³/mol. The number of pyridine rings is 1. The van der Waals surface area contributed by atoms with Crippen LogP contribution in [-0.4, -0.2) is 29.2 Å². The number of nitrogens with one attached hydrogen (secondary N) is 1. The second-order valence-corrected chi connectivity index (χ2v) is 9.80. The van der Waals surface area contributed by atoms with Crippen LogP contribution in [0.5, 0.6) is 0 Å². The molecule has 1 fully saturated rings. The average molecular weight is 433 g/mol. The predicted octanol–water partition coefficient (Wildman–Crippen LogP) is 4.56. The lowest BCUT2D eigenvalue weighted by Gasteiger charge is -2.24. The molecule has 1 aliphatic rings. The fourth-order valence-electron chi connectivity index (χ4n) is 3.42. The van der Waals surface area contributed by atoms with Crippen LogP contribution in [0, 0.1) is 19.7 Å². The Morgan fingerprint density at radius 3 is 2.76 bits per heavy atom. The van der Waals surface area contributed by atoms with Gasteiger partial charge in [-0.1, -0.05) is 12.1 Å². The number of hydrogen-bond acceptors (Lipinski definition) is 6. The van der Waals surface area contributed by atoms with Gasteiger partial charge in [-0.15, -0.1) is 11.3 Å². The molecule has 1 saturated heterocycles. The molecule has 4 rings (SSSR count). The Labute approximate surface area is 173 Å². The lowest BCUT2D eigenvalue weighted by atomic mass is 10.1. The highest BCUT2D eigenvalue weighted by atomic mass is 32.2. The summed E-state index contributed by atoms with van der Waals surface area (Å²) >= 11 is 1.48. The van der Waals surface area contributed by atoms with E-state index in [0.717, 1.165) is 23.3 Å². The molecule has 1 N–H and O–H groups in total. The Kier molecular flexibility index (Phi) is 5.37. The van der Waals surface area contributed by atoms with Crippen molar-refractivity contribution in [1.82, 2.24) is 14.3 Å². The molecule has 1 aliphatic heterocycles. The van der Waals surface area contributed by atoms with E-state index < -0.39 is 15.8 Å². The topological polar surface area (TPSA) is 75.2 Å². The molecule has 0 amide bonds. The van der Waals surface area contributed by atoms with Gasteiger partial charge in [0.25, 0.3) is 0 Å². The van der Waals surface area contributed by atoms with E-state index in [9.17, 15) is 12.8 Å². The van der Waals surface area contributed by atoms with Gasteiger partial charge in [0, 0.05) is 11.9 Å². The molecule has 0 aliphatic carbocycles. The first kappa shape index (κ1) is 19.9. The number of aromatic nitrogens is 2. The molecular formula is C20H21FN4O2S2. The first-order chi connectivity index (χ1) is 13.8. The van der Waals surface area contributed by atoms with Crippen LogP contribution >= 0.6 is 11.3 Å². The maximum Gasteiger partial charge on any atom is 0.243 e. The number of aryl methyl sites for hydroxylation is 2. The molecule has 152 valence electrons. The Balaban J connectivity index is 1.62. The van der Waals surface area contributed by atoms with Crippen molar-refractivity contribution in [3.63, 3.8) is 0 Å². The van der Waals surface area contributed by atoms with E-state index in [4.69, 9.17) is 0 Å². The first-order valence-corrected chi connectivity index (χ1v) is 11.6. The van der Waals surface area contributed by atoms with Crippen molar-refractivity contribution in [3.8, 4) is 0 Å². The summed E-state index contributed by atoms with van der Waals surface area (Å²) in [6.45, 7) is 3.91. The van der Waals surface area contributed by atoms with E-state index in [1.165, 1.54) is 27.8 Å². The molecule has 0 saturated carbocycles. The van der Waals surface area contributed by atoms with Gasteiger partial charge in [-0.05, 0) is 56.5 Å². The van der Waals surface area contributed by atoms with Crippen LogP contribution in [0.4, 0.5) is 15.3 Å². The molecule has 3 aromatic rings. The highest BCUT2D eigenvalue weighted by Gasteiger charge is 2.37. The van der Waals surface area contributed by atoms with Gasteiger partial charge < -0.3 is 5.32 Å². The van der Waals surface area contributed by atoms with Crippen molar-refractivity contribution < 1.29 is 12.8 Å². The number of nitrogens with zero attached hydrogens (tertiary/aromatic N) is 3. The molecule has 9 heteroatoms. The van der Waals surface area contributed by atoms with Gasteiger partial charge in [-0.2, -0.15) is 4.31 Å². The van der Waals surface area contributed by atoms with E-state index in [-0.39, 0.29) is 10.9 Å². The summed E-state index contributed by atoms with van der Waals surface area (Å²) < 4.78 is 41.7. The fourth-order valence-corrected chi connectivity index (χ4v) is 5.80. The zero-order chi connectivity index (χ0) is 20.6. The zero-order valence-corrected chi connectivity index (χ0v) is 17.7. The summed E-state index contributed by atoms with van der Waals surface area (Å²) in [5, 5.41) is 5.84. The second kappa shape index (κ2) is 7.81. The first-order valence-electron chi connectivity index (χ1n) is 9.29. The maximum absolute atomic E-state index is 14.0. The quantitative estimate of drug-likeness (QED) is 0.640. The Hall–Kier alpha value is -2.36. The number of hydrogen-bond donors (Lipinski definition) is 1. The monoisotopic (exact) mass is 432 g/mol. The van der Waals surface area contributed by atoms with Crippen molar-refractivity contribution in [2.45, 2.75) is 37.6 Å². The summed E-state index contributed by atoms with van der Waals surface area (Å²) in [7, 11) is -3.82. The van der Waals surface area contributed by atoms with Gasteiger partial charge in [0.2, 0.25) is 10.0 Å². The molecule has 0 radical (unpaired) electrons. The minimum absolute atomic E-state index is 0.0277. The SMILES string of the molecule is Cc1csc(Nc2cccc(C3CCCN3S(=O)(=O)c3ccc(C)c(F)c3)n2)n1. The average Bonchev–Trinajstić information content (AvgIpc) is 3.33. The van der Waals surface area contributed by atoms with Gasteiger partial charge in [0.1, 0.15) is 11.6 Å². The van der Waals surface area contributed by atoms with Crippen LogP contribution in [0.2, 0.25) is 0 Å². The molecule has 1 unspecified atom stereocenters. The smallest absolute Gasteiger partial charge is 0.243 e. The minimum Gasteiger partial charge on any atom is -0.316 e. The summed E-state index contributed by atoms with van der Waals surface area (Å²) in [5.74, 6) is 0.0902. The molecule has 0 spiro atoms. The van der Waals surface area contributed by atoms with Crippen LogP contribution in [0.1, 0.15) is 35.8 Å². The Morgan fingerprint density at radius 1 is 1.21 bits per heavy atom. The lowest BCUT2D eigenvalue weighted by Crippen LogP contribution is -2.31. The van der Waals surface area contributed by atoms with Gasteiger partial charge in [0.15, 0.2) is 5.13 Å². The molecule has 6 nitrogen and oxygen atoms in total. The second-order valence-electron chi connectivity index (χ2n) is 7.05. The van der Waals surface area contributed by atoms with E-state index in [0.29, 0.717) is 30.0 Å². The molecule has 0 bridgehead atoms. The zero-order valence-electron chi connectivity index (χ0n) is 16.1. The van der Waals surface area contributed by atoms with E-state index >= 15 is 0 Å². The summed E-state index contributed by atoms with van der Waals surface area (Å²) in [6, 6.07) is 9.15. The molecule has 29 heavy (non-hydrogen) atoms. The van der Waals surface area contributed by atoms with E-state index in [2.05, 4.69) is 15.3 Å². The van der Waals surface area contributed by atoms with Crippen molar-refractivity contribution in [2.24, 2.45) is 0 Å². The Bertz CT molecular complexity index is 1150. The number of thiazole rings is 1. The molecule has 1 aromatic carbocycles. The summed E-state index contributed by atoms with van der Waals surface area (Å²) in [4.78, 5) is 8.96. The fraction of sp³-hybridized carbons (Fsp3) is 0.300. The number of rotatable bonds is 5. The number of halogens is 1. The van der Waals surface area contributed by atoms with E-state index in [1.54, 1.807) is 6.92 Å². The molecular weight excluding hydrogens is 411 g/mol. The normalized spacial score (nSPS) is 17.6. The maximum atomic E-state index is 14.0. The van der Waals surface area contributed by atoms with Crippen molar-refractivity contribution in [3.05, 3.63) is 64.5 Å². The summed E-state index contributed by atoms with van der Waals surface area (Å²) in [6.07, 6.45) is 1.39. The third-order valence-electron chi connectivity index (χ3n) is 4.92. The third kappa shape index (κ3) is 4.03. The number of benzene rings is 1. The third-order valence-corrected chi connectivity index (χ3v) is 7.70. The molecule has 3 heterocycles. The molecule has 2 aromatic heterocycles. The number of sulfonamides is 1. The largest absolute Gasteiger partial charge is 0.316 e. The van der Waals surface area contributed by atoms with E-state index in [1.807, 2.05) is 30.5 Å². The van der Waals surface area contributed by atoms with Gasteiger partial charge in [-0.3, -0.25) is 0 Å². The van der Waals surface area contributed by atoms with Gasteiger partial charge >= 0.3 is 0 Å². The van der Waals surface area contributed by atoms with Crippen LogP contribution < -0.4 is 5.32 Å². The Morgan fingerprint density at radius 2 is 2.03 bits per heavy atom. The standard InChI is InChI=1S/C20H21FN4O2S2/c1-13-8-9-15(11-16(13)21)29(26,27)25-10-4-6-18(25)17-5-3-7-19(23-17)24-20-22-14(2)12-28-20/h3,5,7-9,11-12,18H,4,6,10H2,1-2H3,(H,22,23,24).